The molecule has 0 saturated carbocycles. The summed E-state index contributed by atoms with van der Waals surface area (Å²) in [5.74, 6) is -1.68. The quantitative estimate of drug-likeness (QED) is 0.442. The largest absolute Gasteiger partial charge is 0.366 e. The predicted molar refractivity (Wildman–Crippen MR) is 135 cm³/mol. The second-order valence-corrected chi connectivity index (χ2v) is 9.91. The second kappa shape index (κ2) is 9.34. The third-order valence-corrected chi connectivity index (χ3v) is 6.86. The number of urea groups is 1. The van der Waals surface area contributed by atoms with Gasteiger partial charge in [-0.05, 0) is 74.6 Å². The molecule has 7 nitrogen and oxygen atoms in total. The summed E-state index contributed by atoms with van der Waals surface area (Å²) in [4.78, 5) is 40.8. The van der Waals surface area contributed by atoms with Crippen LogP contribution in [0, 0.1) is 5.82 Å². The number of benzene rings is 2. The number of carbonyl (C=O) groups is 3. The van der Waals surface area contributed by atoms with E-state index in [-0.39, 0.29) is 22.8 Å². The lowest BCUT2D eigenvalue weighted by Gasteiger charge is -2.47. The lowest BCUT2D eigenvalue weighted by atomic mass is 9.79. The smallest absolute Gasteiger partial charge is 0.329 e. The van der Waals surface area contributed by atoms with Crippen molar-refractivity contribution in [3.8, 4) is 0 Å². The number of nitrogens with one attached hydrogen (secondary N) is 2. The summed E-state index contributed by atoms with van der Waals surface area (Å²) < 4.78 is 13.8. The first-order chi connectivity index (χ1) is 16.5. The topological polar surface area (TPSA) is 81.8 Å². The molecule has 2 aromatic rings. The number of rotatable bonds is 5. The molecule has 1 unspecified atom stereocenters. The molecule has 0 radical (unpaired) electrons. The molecule has 1 saturated heterocycles. The summed E-state index contributed by atoms with van der Waals surface area (Å²) in [5, 5.41) is 5.34. The summed E-state index contributed by atoms with van der Waals surface area (Å²) in [7, 11) is 0. The number of halogens is 2. The molecule has 0 aromatic heterocycles. The normalized spacial score (nSPS) is 20.2. The van der Waals surface area contributed by atoms with Crippen LogP contribution in [0.25, 0.3) is 6.08 Å². The van der Waals surface area contributed by atoms with Crippen molar-refractivity contribution in [2.45, 2.75) is 45.6 Å². The molecule has 4 amide bonds. The highest BCUT2D eigenvalue weighted by molar-refractivity contribution is 6.32. The van der Waals surface area contributed by atoms with Gasteiger partial charge >= 0.3 is 6.03 Å². The van der Waals surface area contributed by atoms with Crippen LogP contribution in [0.5, 0.6) is 0 Å². The van der Waals surface area contributed by atoms with E-state index in [4.69, 9.17) is 11.6 Å². The Morgan fingerprint density at radius 3 is 2.69 bits per heavy atom. The number of para-hydroxylation sites is 1. The van der Waals surface area contributed by atoms with Gasteiger partial charge in [0.25, 0.3) is 5.91 Å². The van der Waals surface area contributed by atoms with Crippen LogP contribution in [0.15, 0.2) is 42.1 Å². The molecule has 4 rings (SSSR count). The zero-order valence-corrected chi connectivity index (χ0v) is 20.9. The van der Waals surface area contributed by atoms with Gasteiger partial charge in [0.2, 0.25) is 5.91 Å². The summed E-state index contributed by atoms with van der Waals surface area (Å²) >= 11 is 6.60. The molecule has 0 aliphatic carbocycles. The minimum Gasteiger partial charge on any atom is -0.366 e. The molecule has 9 heteroatoms. The number of hydrogen-bond donors (Lipinski definition) is 2. The number of hydrogen-bond acceptors (Lipinski definition) is 4. The molecule has 184 valence electrons. The van der Waals surface area contributed by atoms with Gasteiger partial charge in [-0.15, -0.1) is 0 Å². The maximum atomic E-state index is 13.8. The van der Waals surface area contributed by atoms with Crippen molar-refractivity contribution < 1.29 is 18.8 Å². The van der Waals surface area contributed by atoms with Crippen molar-refractivity contribution in [2.75, 3.05) is 23.3 Å². The summed E-state index contributed by atoms with van der Waals surface area (Å²) in [6, 6.07) is 8.79. The Morgan fingerprint density at radius 2 is 2.00 bits per heavy atom. The first kappa shape index (κ1) is 24.7. The van der Waals surface area contributed by atoms with E-state index in [0.717, 1.165) is 29.1 Å². The Labute approximate surface area is 208 Å². The van der Waals surface area contributed by atoms with Gasteiger partial charge in [0.15, 0.2) is 0 Å². The summed E-state index contributed by atoms with van der Waals surface area (Å²) in [5.41, 5.74) is 2.78. The van der Waals surface area contributed by atoms with Crippen molar-refractivity contribution in [3.05, 3.63) is 64.1 Å². The maximum Gasteiger partial charge on any atom is 0.329 e. The van der Waals surface area contributed by atoms with E-state index < -0.39 is 30.2 Å². The van der Waals surface area contributed by atoms with Crippen LogP contribution in [0.2, 0.25) is 5.02 Å². The number of nitrogens with zero attached hydrogens (tertiary/aromatic N) is 2. The molecule has 1 atom stereocenters. The van der Waals surface area contributed by atoms with Crippen LogP contribution in [-0.2, 0) is 9.59 Å². The standard InChI is InChI=1S/C26H28ClFN4O3/c1-5-32-22-12-18(27)16(10-17(22)15(2)13-26(32,3)4)11-21-24(34)31(25(35)30-21)14-23(33)29-20-9-7-6-8-19(20)28/h6-12,15H,5,13-14H2,1-4H3,(H,29,33)(H,30,35)/b21-11+. The number of fused-ring (bicyclic) bond motifs is 1. The minimum atomic E-state index is -0.730. The van der Waals surface area contributed by atoms with E-state index in [9.17, 15) is 18.8 Å². The van der Waals surface area contributed by atoms with Crippen LogP contribution in [0.4, 0.5) is 20.6 Å². The minimum absolute atomic E-state index is 0.0103. The first-order valence-electron chi connectivity index (χ1n) is 11.5. The van der Waals surface area contributed by atoms with Crippen LogP contribution >= 0.6 is 11.6 Å². The van der Waals surface area contributed by atoms with Gasteiger partial charge in [0, 0.05) is 22.8 Å². The van der Waals surface area contributed by atoms with Crippen molar-refractivity contribution in [1.29, 1.82) is 0 Å². The second-order valence-electron chi connectivity index (χ2n) is 9.50. The lowest BCUT2D eigenvalue weighted by molar-refractivity contribution is -0.127. The molecule has 1 fully saturated rings. The third kappa shape index (κ3) is 4.75. The molecular weight excluding hydrogens is 471 g/mol. The number of anilines is 2. The maximum absolute atomic E-state index is 13.8. The highest BCUT2D eigenvalue weighted by Gasteiger charge is 2.37. The Morgan fingerprint density at radius 1 is 1.29 bits per heavy atom. The average Bonchev–Trinajstić information content (AvgIpc) is 3.03. The number of imide groups is 1. The number of carbonyl (C=O) groups excluding carboxylic acids is 3. The highest BCUT2D eigenvalue weighted by Crippen LogP contribution is 2.45. The lowest BCUT2D eigenvalue weighted by Crippen LogP contribution is -2.48. The van der Waals surface area contributed by atoms with Gasteiger partial charge in [-0.3, -0.25) is 9.59 Å². The Hall–Kier alpha value is -3.39. The fraction of sp³-hybridized carbons (Fsp3) is 0.346. The van der Waals surface area contributed by atoms with E-state index in [0.29, 0.717) is 10.6 Å². The van der Waals surface area contributed by atoms with Crippen LogP contribution < -0.4 is 15.5 Å². The van der Waals surface area contributed by atoms with E-state index in [2.05, 4.69) is 43.2 Å². The Kier molecular flexibility index (Phi) is 6.60. The zero-order chi connectivity index (χ0) is 25.5. The predicted octanol–water partition coefficient (Wildman–Crippen LogP) is 5.12. The van der Waals surface area contributed by atoms with Crippen LogP contribution in [0.1, 0.15) is 51.2 Å². The molecule has 0 spiro atoms. The van der Waals surface area contributed by atoms with Gasteiger partial charge < -0.3 is 15.5 Å². The van der Waals surface area contributed by atoms with E-state index in [1.165, 1.54) is 24.3 Å². The molecule has 2 aliphatic heterocycles. The third-order valence-electron chi connectivity index (χ3n) is 6.53. The van der Waals surface area contributed by atoms with Gasteiger partial charge in [0.1, 0.15) is 18.1 Å². The molecular formula is C26H28ClFN4O3. The fourth-order valence-electron chi connectivity index (χ4n) is 5.00. The Bertz CT molecular complexity index is 1240. The van der Waals surface area contributed by atoms with Crippen LogP contribution in [-0.4, -0.2) is 41.4 Å². The molecule has 2 aromatic carbocycles. The van der Waals surface area contributed by atoms with Gasteiger partial charge in [-0.25, -0.2) is 14.1 Å². The summed E-state index contributed by atoms with van der Waals surface area (Å²) in [6.45, 7) is 8.98. The molecule has 0 bridgehead atoms. The molecule has 2 aliphatic rings. The first-order valence-corrected chi connectivity index (χ1v) is 11.9. The van der Waals surface area contributed by atoms with Crippen molar-refractivity contribution in [2.24, 2.45) is 0 Å². The van der Waals surface area contributed by atoms with E-state index in [1.54, 1.807) is 6.07 Å². The summed E-state index contributed by atoms with van der Waals surface area (Å²) in [6.07, 6.45) is 2.49. The van der Waals surface area contributed by atoms with E-state index in [1.807, 2.05) is 12.1 Å². The van der Waals surface area contributed by atoms with Gasteiger partial charge in [-0.1, -0.05) is 30.7 Å². The SMILES string of the molecule is CCN1c2cc(Cl)c(/C=C3/NC(=O)N(CC(=O)Nc4ccccc4F)C3=O)cc2C(C)CC1(C)C. The van der Waals surface area contributed by atoms with Crippen molar-refractivity contribution in [1.82, 2.24) is 10.2 Å². The fourth-order valence-corrected chi connectivity index (χ4v) is 5.21. The number of amides is 4. The van der Waals surface area contributed by atoms with Crippen molar-refractivity contribution >= 4 is 46.9 Å². The molecule has 35 heavy (non-hydrogen) atoms. The average molecular weight is 499 g/mol. The molecule has 2 N–H and O–H groups in total. The van der Waals surface area contributed by atoms with Gasteiger partial charge in [0.05, 0.1) is 5.69 Å². The van der Waals surface area contributed by atoms with Gasteiger partial charge in [-0.2, -0.15) is 0 Å². The van der Waals surface area contributed by atoms with Crippen LogP contribution in [0.3, 0.4) is 0 Å². The molecule has 2 heterocycles. The monoisotopic (exact) mass is 498 g/mol. The van der Waals surface area contributed by atoms with E-state index >= 15 is 0 Å². The van der Waals surface area contributed by atoms with Crippen molar-refractivity contribution in [3.63, 3.8) is 0 Å². The highest BCUT2D eigenvalue weighted by atomic mass is 35.5. The zero-order valence-electron chi connectivity index (χ0n) is 20.1. The Balaban J connectivity index is 1.56.